The molecule has 0 atom stereocenters. The maximum atomic E-state index is 13.5. The molecule has 110 valence electrons. The second-order valence-electron chi connectivity index (χ2n) is 5.32. The second kappa shape index (κ2) is 6.12. The molecule has 0 spiro atoms. The highest BCUT2D eigenvalue weighted by Gasteiger charge is 2.12. The molecule has 1 aliphatic heterocycles. The lowest BCUT2D eigenvalue weighted by atomic mass is 10.2. The minimum atomic E-state index is -0.829. The lowest BCUT2D eigenvalue weighted by Gasteiger charge is -2.17. The monoisotopic (exact) mass is 288 g/mol. The van der Waals surface area contributed by atoms with E-state index in [-0.39, 0.29) is 5.69 Å². The molecule has 2 aromatic carbocycles. The molecule has 1 saturated heterocycles. The van der Waals surface area contributed by atoms with Gasteiger partial charge in [-0.25, -0.2) is 8.78 Å². The molecule has 0 amide bonds. The summed E-state index contributed by atoms with van der Waals surface area (Å²) in [5.74, 6) is -1.66. The van der Waals surface area contributed by atoms with Gasteiger partial charge in [-0.05, 0) is 42.7 Å². The van der Waals surface area contributed by atoms with Crippen LogP contribution in [0.4, 0.5) is 20.2 Å². The van der Waals surface area contributed by atoms with E-state index in [1.54, 1.807) is 0 Å². The van der Waals surface area contributed by atoms with Crippen LogP contribution >= 0.6 is 0 Å². The van der Waals surface area contributed by atoms with Gasteiger partial charge in [0, 0.05) is 25.3 Å². The van der Waals surface area contributed by atoms with Gasteiger partial charge in [0.25, 0.3) is 0 Å². The van der Waals surface area contributed by atoms with Gasteiger partial charge in [-0.15, -0.1) is 0 Å². The average Bonchev–Trinajstić information content (AvgIpc) is 3.04. The molecule has 2 aromatic rings. The van der Waals surface area contributed by atoms with E-state index in [0.29, 0.717) is 6.54 Å². The third kappa shape index (κ3) is 3.15. The summed E-state index contributed by atoms with van der Waals surface area (Å²) in [6, 6.07) is 12.4. The lowest BCUT2D eigenvalue weighted by Crippen LogP contribution is -2.17. The van der Waals surface area contributed by atoms with Crippen molar-refractivity contribution in [3.63, 3.8) is 0 Å². The van der Waals surface area contributed by atoms with Crippen LogP contribution in [-0.2, 0) is 6.54 Å². The molecule has 1 aliphatic rings. The molecule has 4 heteroatoms. The highest BCUT2D eigenvalue weighted by atomic mass is 19.2. The Morgan fingerprint density at radius 3 is 2.38 bits per heavy atom. The molecule has 1 heterocycles. The molecule has 0 bridgehead atoms. The van der Waals surface area contributed by atoms with Crippen molar-refractivity contribution in [2.45, 2.75) is 19.4 Å². The van der Waals surface area contributed by atoms with Gasteiger partial charge in [-0.3, -0.25) is 0 Å². The van der Waals surface area contributed by atoms with Crippen molar-refractivity contribution in [2.75, 3.05) is 23.3 Å². The van der Waals surface area contributed by atoms with Crippen LogP contribution in [0.2, 0.25) is 0 Å². The number of benzene rings is 2. The van der Waals surface area contributed by atoms with Gasteiger partial charge in [0.15, 0.2) is 11.6 Å². The molecule has 1 N–H and O–H groups in total. The highest BCUT2D eigenvalue weighted by Crippen LogP contribution is 2.21. The van der Waals surface area contributed by atoms with Crippen LogP contribution in [0.25, 0.3) is 0 Å². The Morgan fingerprint density at radius 2 is 1.67 bits per heavy atom. The molecule has 0 aromatic heterocycles. The molecular formula is C17H18F2N2. The van der Waals surface area contributed by atoms with E-state index in [0.717, 1.165) is 24.7 Å². The van der Waals surface area contributed by atoms with Gasteiger partial charge in [0.1, 0.15) is 0 Å². The molecule has 21 heavy (non-hydrogen) atoms. The van der Waals surface area contributed by atoms with Gasteiger partial charge in [-0.2, -0.15) is 0 Å². The van der Waals surface area contributed by atoms with Crippen LogP contribution < -0.4 is 10.2 Å². The zero-order chi connectivity index (χ0) is 14.7. The quantitative estimate of drug-likeness (QED) is 0.908. The van der Waals surface area contributed by atoms with Gasteiger partial charge in [0.05, 0.1) is 5.69 Å². The van der Waals surface area contributed by atoms with Crippen LogP contribution in [0.1, 0.15) is 18.4 Å². The summed E-state index contributed by atoms with van der Waals surface area (Å²) in [6.07, 6.45) is 2.50. The molecule has 3 rings (SSSR count). The Labute approximate surface area is 123 Å². The van der Waals surface area contributed by atoms with Crippen molar-refractivity contribution in [3.8, 4) is 0 Å². The Bertz CT molecular complexity index is 605. The first-order valence-electron chi connectivity index (χ1n) is 7.26. The van der Waals surface area contributed by atoms with Gasteiger partial charge in [0.2, 0.25) is 0 Å². The molecule has 1 fully saturated rings. The van der Waals surface area contributed by atoms with Gasteiger partial charge in [-0.1, -0.05) is 18.2 Å². The van der Waals surface area contributed by atoms with Crippen LogP contribution in [-0.4, -0.2) is 13.1 Å². The first kappa shape index (κ1) is 13.9. The summed E-state index contributed by atoms with van der Waals surface area (Å²) in [5, 5.41) is 2.93. The van der Waals surface area contributed by atoms with Crippen LogP contribution in [0.15, 0.2) is 42.5 Å². The topological polar surface area (TPSA) is 15.3 Å². The van der Waals surface area contributed by atoms with E-state index in [1.165, 1.54) is 30.7 Å². The van der Waals surface area contributed by atoms with E-state index >= 15 is 0 Å². The Balaban J connectivity index is 1.64. The van der Waals surface area contributed by atoms with E-state index in [2.05, 4.69) is 22.3 Å². The summed E-state index contributed by atoms with van der Waals surface area (Å²) < 4.78 is 26.6. The first-order valence-corrected chi connectivity index (χ1v) is 7.26. The van der Waals surface area contributed by atoms with E-state index in [9.17, 15) is 8.78 Å². The fraction of sp³-hybridized carbons (Fsp3) is 0.294. The number of nitrogens with zero attached hydrogens (tertiary/aromatic N) is 1. The van der Waals surface area contributed by atoms with Crippen molar-refractivity contribution in [3.05, 3.63) is 59.7 Å². The van der Waals surface area contributed by atoms with Gasteiger partial charge >= 0.3 is 0 Å². The minimum Gasteiger partial charge on any atom is -0.379 e. The molecule has 0 saturated carbocycles. The Kier molecular flexibility index (Phi) is 4.04. The number of anilines is 2. The highest BCUT2D eigenvalue weighted by molar-refractivity contribution is 5.50. The third-order valence-electron chi connectivity index (χ3n) is 3.84. The summed E-state index contributed by atoms with van der Waals surface area (Å²) >= 11 is 0. The number of nitrogens with one attached hydrogen (secondary N) is 1. The second-order valence-corrected chi connectivity index (χ2v) is 5.32. The Hall–Kier alpha value is -2.10. The maximum Gasteiger partial charge on any atom is 0.181 e. The fourth-order valence-corrected chi connectivity index (χ4v) is 2.64. The maximum absolute atomic E-state index is 13.5. The van der Waals surface area contributed by atoms with Crippen molar-refractivity contribution in [2.24, 2.45) is 0 Å². The minimum absolute atomic E-state index is 0.193. The summed E-state index contributed by atoms with van der Waals surface area (Å²) in [6.45, 7) is 2.71. The lowest BCUT2D eigenvalue weighted by molar-refractivity contribution is 0.511. The largest absolute Gasteiger partial charge is 0.379 e. The zero-order valence-electron chi connectivity index (χ0n) is 11.8. The van der Waals surface area contributed by atoms with Crippen LogP contribution in [0.5, 0.6) is 0 Å². The standard InChI is InChI=1S/C17H18F2N2/c18-15-4-3-5-16(17(15)19)20-12-13-6-8-14(9-7-13)21-10-1-2-11-21/h3-9,20H,1-2,10-12H2. The van der Waals surface area contributed by atoms with E-state index in [4.69, 9.17) is 0 Å². The first-order chi connectivity index (χ1) is 10.2. The molecule has 0 radical (unpaired) electrons. The number of hydrogen-bond donors (Lipinski definition) is 1. The van der Waals surface area contributed by atoms with E-state index in [1.807, 2.05) is 12.1 Å². The van der Waals surface area contributed by atoms with Gasteiger partial charge < -0.3 is 10.2 Å². The number of halogens is 2. The predicted octanol–water partition coefficient (Wildman–Crippen LogP) is 4.18. The number of rotatable bonds is 4. The molecule has 0 unspecified atom stereocenters. The predicted molar refractivity (Wildman–Crippen MR) is 81.6 cm³/mol. The SMILES string of the molecule is Fc1cccc(NCc2ccc(N3CCCC3)cc2)c1F. The normalized spacial score (nSPS) is 14.5. The molecule has 2 nitrogen and oxygen atoms in total. The average molecular weight is 288 g/mol. The third-order valence-corrected chi connectivity index (χ3v) is 3.84. The van der Waals surface area contributed by atoms with E-state index < -0.39 is 11.6 Å². The van der Waals surface area contributed by atoms with Crippen molar-refractivity contribution >= 4 is 11.4 Å². The van der Waals surface area contributed by atoms with Crippen molar-refractivity contribution < 1.29 is 8.78 Å². The summed E-state index contributed by atoms with van der Waals surface area (Å²) in [7, 11) is 0. The number of hydrogen-bond acceptors (Lipinski definition) is 2. The molecular weight excluding hydrogens is 270 g/mol. The zero-order valence-corrected chi connectivity index (χ0v) is 11.8. The summed E-state index contributed by atoms with van der Waals surface area (Å²) in [5.41, 5.74) is 2.47. The van der Waals surface area contributed by atoms with Crippen molar-refractivity contribution in [1.82, 2.24) is 0 Å². The smallest absolute Gasteiger partial charge is 0.181 e. The van der Waals surface area contributed by atoms with Crippen LogP contribution in [0.3, 0.4) is 0 Å². The summed E-state index contributed by atoms with van der Waals surface area (Å²) in [4.78, 5) is 2.36. The fourth-order valence-electron chi connectivity index (χ4n) is 2.64. The van der Waals surface area contributed by atoms with Crippen LogP contribution in [0, 0.1) is 11.6 Å². The van der Waals surface area contributed by atoms with Crippen molar-refractivity contribution in [1.29, 1.82) is 0 Å². The molecule has 0 aliphatic carbocycles. The Morgan fingerprint density at radius 1 is 0.952 bits per heavy atom.